The molecule has 0 bridgehead atoms. The molecule has 3 amide bonds. The first-order valence-corrected chi connectivity index (χ1v) is 14.5. The zero-order chi connectivity index (χ0) is 28.4. The number of urea groups is 1. The second-order valence-corrected chi connectivity index (χ2v) is 10.7. The Bertz CT molecular complexity index is 1410. The third-order valence-electron chi connectivity index (χ3n) is 7.85. The number of unbranched alkanes of at least 4 members (excludes halogenated alkanes) is 3. The van der Waals surface area contributed by atoms with Crippen molar-refractivity contribution in [2.45, 2.75) is 38.6 Å². The van der Waals surface area contributed by atoms with Gasteiger partial charge in [0, 0.05) is 63.1 Å². The fourth-order valence-electron chi connectivity index (χ4n) is 5.47. The van der Waals surface area contributed by atoms with Gasteiger partial charge in [-0.05, 0) is 59.2 Å². The number of rotatable bonds is 11. The monoisotopic (exact) mass is 553 g/mol. The molecular weight excluding hydrogens is 514 g/mol. The Morgan fingerprint density at radius 3 is 2.32 bits per heavy atom. The highest BCUT2D eigenvalue weighted by molar-refractivity contribution is 5.92. The van der Waals surface area contributed by atoms with Crippen molar-refractivity contribution >= 4 is 28.5 Å². The number of aromatic nitrogens is 1. The van der Waals surface area contributed by atoms with Crippen LogP contribution < -0.4 is 10.4 Å². The third-order valence-corrected chi connectivity index (χ3v) is 7.85. The molecule has 0 unspecified atom stereocenters. The lowest BCUT2D eigenvalue weighted by Gasteiger charge is -2.37. The topological polar surface area (TPSA) is 91.9 Å². The van der Waals surface area contributed by atoms with E-state index in [1.165, 1.54) is 10.9 Å². The summed E-state index contributed by atoms with van der Waals surface area (Å²) in [7, 11) is 0. The lowest BCUT2D eigenvalue weighted by atomic mass is 10.0. The molecule has 3 aromatic carbocycles. The standard InChI is InChI=1S/C33H39N5O3/c39-32(35-41)10-6-1-2-7-19-38(33(40)37-22-20-36(21-23-37)25-26-8-4-3-5-9-26)30-15-13-27(14-16-30)29-12-11-28-17-18-34-31(28)24-29/h3-5,8-9,11-18,24,34,41H,1-2,6-7,10,19-23,25H2,(H,35,39). The third kappa shape index (κ3) is 7.54. The van der Waals surface area contributed by atoms with Crippen LogP contribution in [0.1, 0.15) is 37.7 Å². The summed E-state index contributed by atoms with van der Waals surface area (Å²) in [5, 5.41) is 9.87. The van der Waals surface area contributed by atoms with Gasteiger partial charge in [-0.2, -0.15) is 0 Å². The molecule has 1 aliphatic heterocycles. The van der Waals surface area contributed by atoms with Gasteiger partial charge in [-0.1, -0.05) is 67.4 Å². The molecular formula is C33H39N5O3. The Hall–Kier alpha value is -4.14. The van der Waals surface area contributed by atoms with Crippen molar-refractivity contribution in [3.8, 4) is 11.1 Å². The summed E-state index contributed by atoms with van der Waals surface area (Å²) < 4.78 is 0. The summed E-state index contributed by atoms with van der Waals surface area (Å²) >= 11 is 0. The van der Waals surface area contributed by atoms with Gasteiger partial charge in [0.15, 0.2) is 0 Å². The van der Waals surface area contributed by atoms with Crippen molar-refractivity contribution in [3.05, 3.63) is 90.6 Å². The molecule has 214 valence electrons. The maximum Gasteiger partial charge on any atom is 0.324 e. The molecule has 0 radical (unpaired) electrons. The predicted molar refractivity (Wildman–Crippen MR) is 163 cm³/mol. The second-order valence-electron chi connectivity index (χ2n) is 10.7. The molecule has 4 aromatic rings. The summed E-state index contributed by atoms with van der Waals surface area (Å²) in [4.78, 5) is 34.7. The van der Waals surface area contributed by atoms with Crippen molar-refractivity contribution in [2.75, 3.05) is 37.6 Å². The van der Waals surface area contributed by atoms with Crippen LogP contribution in [0.25, 0.3) is 22.0 Å². The fraction of sp³-hybridized carbons (Fsp3) is 0.333. The molecule has 0 atom stereocenters. The van der Waals surface area contributed by atoms with E-state index in [2.05, 4.69) is 70.5 Å². The lowest BCUT2D eigenvalue weighted by Crippen LogP contribution is -2.53. The highest BCUT2D eigenvalue weighted by atomic mass is 16.5. The van der Waals surface area contributed by atoms with E-state index in [4.69, 9.17) is 5.21 Å². The summed E-state index contributed by atoms with van der Waals surface area (Å²) in [6, 6.07) is 27.2. The van der Waals surface area contributed by atoms with Gasteiger partial charge in [-0.25, -0.2) is 10.3 Å². The summed E-state index contributed by atoms with van der Waals surface area (Å²) in [6.45, 7) is 4.61. The molecule has 0 saturated carbocycles. The summed E-state index contributed by atoms with van der Waals surface area (Å²) in [5.74, 6) is -0.358. The van der Waals surface area contributed by atoms with E-state index >= 15 is 0 Å². The molecule has 8 heteroatoms. The van der Waals surface area contributed by atoms with Gasteiger partial charge in [-0.15, -0.1) is 0 Å². The Morgan fingerprint density at radius 2 is 1.56 bits per heavy atom. The molecule has 0 aliphatic carbocycles. The van der Waals surface area contributed by atoms with E-state index in [1.54, 1.807) is 5.48 Å². The number of carbonyl (C=O) groups excluding carboxylic acids is 2. The van der Waals surface area contributed by atoms with Crippen LogP contribution in [0.4, 0.5) is 10.5 Å². The molecule has 3 N–H and O–H groups in total. The number of hydroxylamine groups is 1. The number of benzene rings is 3. The Labute approximate surface area is 241 Å². The van der Waals surface area contributed by atoms with Crippen LogP contribution in [-0.4, -0.2) is 64.7 Å². The minimum absolute atomic E-state index is 0.0459. The maximum absolute atomic E-state index is 13.8. The first-order chi connectivity index (χ1) is 20.1. The van der Waals surface area contributed by atoms with Crippen molar-refractivity contribution in [1.82, 2.24) is 20.3 Å². The smallest absolute Gasteiger partial charge is 0.324 e. The van der Waals surface area contributed by atoms with Crippen LogP contribution in [0.3, 0.4) is 0 Å². The number of carbonyl (C=O) groups is 2. The molecule has 1 fully saturated rings. The van der Waals surface area contributed by atoms with Crippen molar-refractivity contribution in [1.29, 1.82) is 0 Å². The molecule has 1 aliphatic rings. The van der Waals surface area contributed by atoms with E-state index in [9.17, 15) is 9.59 Å². The minimum atomic E-state index is -0.358. The van der Waals surface area contributed by atoms with Gasteiger partial charge in [-0.3, -0.25) is 19.8 Å². The van der Waals surface area contributed by atoms with Gasteiger partial charge in [0.2, 0.25) is 5.91 Å². The van der Waals surface area contributed by atoms with Gasteiger partial charge >= 0.3 is 6.03 Å². The summed E-state index contributed by atoms with van der Waals surface area (Å²) in [6.07, 6.45) is 5.58. The van der Waals surface area contributed by atoms with Crippen LogP contribution >= 0.6 is 0 Å². The number of fused-ring (bicyclic) bond motifs is 1. The zero-order valence-corrected chi connectivity index (χ0v) is 23.5. The van der Waals surface area contributed by atoms with Crippen molar-refractivity contribution in [2.24, 2.45) is 0 Å². The van der Waals surface area contributed by atoms with Crippen LogP contribution in [-0.2, 0) is 11.3 Å². The number of nitrogens with one attached hydrogen (secondary N) is 2. The number of amides is 3. The molecule has 0 spiro atoms. The van der Waals surface area contributed by atoms with Crippen molar-refractivity contribution in [3.63, 3.8) is 0 Å². The molecule has 41 heavy (non-hydrogen) atoms. The molecule has 1 aromatic heterocycles. The van der Waals surface area contributed by atoms with Crippen molar-refractivity contribution < 1.29 is 14.8 Å². The average Bonchev–Trinajstić information content (AvgIpc) is 3.49. The quantitative estimate of drug-likeness (QED) is 0.120. The van der Waals surface area contributed by atoms with E-state index in [-0.39, 0.29) is 11.9 Å². The average molecular weight is 554 g/mol. The molecule has 8 nitrogen and oxygen atoms in total. The van der Waals surface area contributed by atoms with E-state index in [0.717, 1.165) is 61.2 Å². The Balaban J connectivity index is 1.23. The van der Waals surface area contributed by atoms with Crippen LogP contribution in [0, 0.1) is 0 Å². The molecule has 5 rings (SSSR count). The summed E-state index contributed by atoms with van der Waals surface area (Å²) in [5.41, 5.74) is 7.21. The largest absolute Gasteiger partial charge is 0.361 e. The number of hydrogen-bond donors (Lipinski definition) is 3. The Kier molecular flexibility index (Phi) is 9.67. The number of nitrogens with zero attached hydrogens (tertiary/aromatic N) is 3. The van der Waals surface area contributed by atoms with Gasteiger partial charge in [0.25, 0.3) is 0 Å². The number of H-pyrrole nitrogens is 1. The number of anilines is 1. The highest BCUT2D eigenvalue weighted by Crippen LogP contribution is 2.27. The normalized spacial score (nSPS) is 13.8. The van der Waals surface area contributed by atoms with Gasteiger partial charge in [0.05, 0.1) is 0 Å². The first kappa shape index (κ1) is 28.4. The number of piperazine rings is 1. The number of hydrogen-bond acceptors (Lipinski definition) is 4. The van der Waals surface area contributed by atoms with E-state index in [1.807, 2.05) is 34.2 Å². The second kappa shape index (κ2) is 14.0. The minimum Gasteiger partial charge on any atom is -0.361 e. The van der Waals surface area contributed by atoms with E-state index in [0.29, 0.717) is 32.5 Å². The lowest BCUT2D eigenvalue weighted by molar-refractivity contribution is -0.129. The predicted octanol–water partition coefficient (Wildman–Crippen LogP) is 6.04. The van der Waals surface area contributed by atoms with Crippen LogP contribution in [0.15, 0.2) is 85.1 Å². The fourth-order valence-corrected chi connectivity index (χ4v) is 5.47. The number of aromatic amines is 1. The Morgan fingerprint density at radius 1 is 0.829 bits per heavy atom. The molecule has 2 heterocycles. The van der Waals surface area contributed by atoms with Gasteiger partial charge < -0.3 is 9.88 Å². The van der Waals surface area contributed by atoms with E-state index < -0.39 is 0 Å². The molecule has 1 saturated heterocycles. The first-order valence-electron chi connectivity index (χ1n) is 14.5. The van der Waals surface area contributed by atoms with Gasteiger partial charge in [0.1, 0.15) is 0 Å². The maximum atomic E-state index is 13.8. The van der Waals surface area contributed by atoms with Crippen LogP contribution in [0.2, 0.25) is 0 Å². The zero-order valence-electron chi connectivity index (χ0n) is 23.5. The van der Waals surface area contributed by atoms with Crippen LogP contribution in [0.5, 0.6) is 0 Å². The highest BCUT2D eigenvalue weighted by Gasteiger charge is 2.26. The SMILES string of the molecule is O=C(CCCCCCN(C(=O)N1CCN(Cc2ccccc2)CC1)c1ccc(-c2ccc3cc[nH]c3c2)cc1)NO.